The van der Waals surface area contributed by atoms with E-state index in [0.717, 1.165) is 27.8 Å². The van der Waals surface area contributed by atoms with Crippen molar-refractivity contribution >= 4 is 34.7 Å². The van der Waals surface area contributed by atoms with Crippen molar-refractivity contribution in [2.45, 2.75) is 18.7 Å². The number of nitrogens with one attached hydrogen (secondary N) is 1. The third-order valence-corrected chi connectivity index (χ3v) is 4.02. The highest BCUT2D eigenvalue weighted by Gasteiger charge is 2.08. The molecule has 0 saturated heterocycles. The van der Waals surface area contributed by atoms with E-state index in [-0.39, 0.29) is 5.24 Å². The third kappa shape index (κ3) is 3.92. The summed E-state index contributed by atoms with van der Waals surface area (Å²) in [4.78, 5) is 12.7. The van der Waals surface area contributed by atoms with Gasteiger partial charge in [0.2, 0.25) is 0 Å². The summed E-state index contributed by atoms with van der Waals surface area (Å²) < 4.78 is 5.12. The van der Waals surface area contributed by atoms with E-state index in [2.05, 4.69) is 5.32 Å². The lowest BCUT2D eigenvalue weighted by Crippen LogP contribution is -2.10. The first-order valence-corrected chi connectivity index (χ1v) is 7.21. The molecule has 0 aliphatic rings. The summed E-state index contributed by atoms with van der Waals surface area (Å²) in [6.45, 7) is 3.85. The number of amides is 1. The van der Waals surface area contributed by atoms with Gasteiger partial charge in [0.25, 0.3) is 5.24 Å². The van der Waals surface area contributed by atoms with Gasteiger partial charge in [-0.2, -0.15) is 0 Å². The SMILES string of the molecule is Cc1cc(SC(=O)NC=Cc2ccco2)c(C)cc1Cl. The van der Waals surface area contributed by atoms with Crippen LogP contribution >= 0.6 is 23.4 Å². The maximum Gasteiger partial charge on any atom is 0.287 e. The van der Waals surface area contributed by atoms with Crippen molar-refractivity contribution in [1.82, 2.24) is 5.32 Å². The molecule has 0 fully saturated rings. The summed E-state index contributed by atoms with van der Waals surface area (Å²) in [6.07, 6.45) is 4.83. The van der Waals surface area contributed by atoms with E-state index in [1.54, 1.807) is 24.6 Å². The first kappa shape index (κ1) is 14.8. The second-order valence-corrected chi connectivity index (χ2v) is 5.67. The molecule has 0 saturated carbocycles. The Kier molecular flexibility index (Phi) is 4.93. The van der Waals surface area contributed by atoms with Gasteiger partial charge in [-0.1, -0.05) is 11.6 Å². The Morgan fingerprint density at radius 3 is 2.85 bits per heavy atom. The van der Waals surface area contributed by atoms with E-state index >= 15 is 0 Å². The minimum atomic E-state index is -0.155. The molecule has 1 heterocycles. The summed E-state index contributed by atoms with van der Waals surface area (Å²) in [5.41, 5.74) is 1.94. The molecule has 2 aromatic rings. The molecule has 0 radical (unpaired) electrons. The van der Waals surface area contributed by atoms with Gasteiger partial charge in [-0.25, -0.2) is 0 Å². The topological polar surface area (TPSA) is 42.2 Å². The van der Waals surface area contributed by atoms with Gasteiger partial charge >= 0.3 is 0 Å². The fourth-order valence-corrected chi connectivity index (χ4v) is 2.57. The van der Waals surface area contributed by atoms with Crippen LogP contribution in [0.4, 0.5) is 4.79 Å². The molecule has 1 amide bonds. The number of carbonyl (C=O) groups is 1. The molecule has 5 heteroatoms. The van der Waals surface area contributed by atoms with Crippen LogP contribution in [-0.2, 0) is 0 Å². The van der Waals surface area contributed by atoms with Crippen LogP contribution in [0.1, 0.15) is 16.9 Å². The maximum absolute atomic E-state index is 11.8. The molecule has 20 heavy (non-hydrogen) atoms. The van der Waals surface area contributed by atoms with Gasteiger partial charge in [0.1, 0.15) is 5.76 Å². The van der Waals surface area contributed by atoms with Gasteiger partial charge in [-0.15, -0.1) is 0 Å². The fourth-order valence-electron chi connectivity index (χ4n) is 1.57. The lowest BCUT2D eigenvalue weighted by atomic mass is 10.2. The van der Waals surface area contributed by atoms with Crippen LogP contribution in [0.15, 0.2) is 46.0 Å². The summed E-state index contributed by atoms with van der Waals surface area (Å²) in [6, 6.07) is 7.38. The van der Waals surface area contributed by atoms with Crippen molar-refractivity contribution in [3.05, 3.63) is 58.6 Å². The maximum atomic E-state index is 11.8. The highest BCUT2D eigenvalue weighted by Crippen LogP contribution is 2.28. The number of benzene rings is 1. The molecule has 1 aromatic heterocycles. The minimum absolute atomic E-state index is 0.155. The largest absolute Gasteiger partial charge is 0.465 e. The summed E-state index contributed by atoms with van der Waals surface area (Å²) >= 11 is 7.17. The first-order chi connectivity index (χ1) is 9.56. The van der Waals surface area contributed by atoms with Crippen LogP contribution in [0.2, 0.25) is 5.02 Å². The Bertz CT molecular complexity index is 636. The van der Waals surface area contributed by atoms with Gasteiger partial charge in [0.15, 0.2) is 0 Å². The first-order valence-electron chi connectivity index (χ1n) is 6.01. The molecule has 0 atom stereocenters. The van der Waals surface area contributed by atoms with Crippen molar-refractivity contribution in [2.24, 2.45) is 0 Å². The number of hydrogen-bond donors (Lipinski definition) is 1. The molecular formula is C15H14ClNO2S. The standard InChI is InChI=1S/C15H14ClNO2S/c1-10-9-14(11(2)8-13(10)16)20-15(18)17-6-5-12-4-3-7-19-12/h3-9H,1-2H3,(H,17,18). The van der Waals surface area contributed by atoms with Crippen molar-refractivity contribution in [2.75, 3.05) is 0 Å². The number of aryl methyl sites for hydroxylation is 2. The summed E-state index contributed by atoms with van der Waals surface area (Å²) in [7, 11) is 0. The number of halogens is 1. The normalized spacial score (nSPS) is 10.9. The van der Waals surface area contributed by atoms with E-state index in [9.17, 15) is 4.79 Å². The van der Waals surface area contributed by atoms with Crippen molar-refractivity contribution in [1.29, 1.82) is 0 Å². The van der Waals surface area contributed by atoms with Crippen molar-refractivity contribution in [3.8, 4) is 0 Å². The van der Waals surface area contributed by atoms with Crippen molar-refractivity contribution < 1.29 is 9.21 Å². The highest BCUT2D eigenvalue weighted by molar-refractivity contribution is 8.13. The van der Waals surface area contributed by atoms with E-state index in [1.807, 2.05) is 32.0 Å². The van der Waals surface area contributed by atoms with Crippen LogP contribution < -0.4 is 5.32 Å². The highest BCUT2D eigenvalue weighted by atomic mass is 35.5. The molecule has 104 valence electrons. The van der Waals surface area contributed by atoms with Crippen LogP contribution in [0.25, 0.3) is 6.08 Å². The predicted molar refractivity (Wildman–Crippen MR) is 83.1 cm³/mol. The molecule has 1 aromatic carbocycles. The number of thioether (sulfide) groups is 1. The quantitative estimate of drug-likeness (QED) is 0.809. The van der Waals surface area contributed by atoms with E-state index in [4.69, 9.17) is 16.0 Å². The third-order valence-electron chi connectivity index (χ3n) is 2.65. The molecule has 0 spiro atoms. The van der Waals surface area contributed by atoms with E-state index in [0.29, 0.717) is 10.8 Å². The molecule has 3 nitrogen and oxygen atoms in total. The zero-order chi connectivity index (χ0) is 14.5. The van der Waals surface area contributed by atoms with E-state index < -0.39 is 0 Å². The lowest BCUT2D eigenvalue weighted by molar-refractivity contribution is 0.263. The van der Waals surface area contributed by atoms with Gasteiger partial charge in [-0.3, -0.25) is 4.79 Å². The molecular weight excluding hydrogens is 294 g/mol. The monoisotopic (exact) mass is 307 g/mol. The Morgan fingerprint density at radius 2 is 2.15 bits per heavy atom. The number of furan rings is 1. The molecule has 1 N–H and O–H groups in total. The van der Waals surface area contributed by atoms with E-state index in [1.165, 1.54) is 0 Å². The van der Waals surface area contributed by atoms with Crippen LogP contribution in [-0.4, -0.2) is 5.24 Å². The Labute approximate surface area is 127 Å². The predicted octanol–water partition coefficient (Wildman–Crippen LogP) is 5.02. The van der Waals surface area contributed by atoms with Gasteiger partial charge < -0.3 is 9.73 Å². The second-order valence-electron chi connectivity index (χ2n) is 4.25. The van der Waals surface area contributed by atoms with Gasteiger partial charge in [-0.05, 0) is 67.1 Å². The van der Waals surface area contributed by atoms with Crippen LogP contribution in [0.5, 0.6) is 0 Å². The zero-order valence-corrected chi connectivity index (χ0v) is 12.7. The molecule has 0 aliphatic carbocycles. The Balaban J connectivity index is 1.96. The van der Waals surface area contributed by atoms with Crippen LogP contribution in [0.3, 0.4) is 0 Å². The summed E-state index contributed by atoms with van der Waals surface area (Å²) in [5, 5.41) is 3.24. The fraction of sp³-hybridized carbons (Fsp3) is 0.133. The van der Waals surface area contributed by atoms with Gasteiger partial charge in [0.05, 0.1) is 6.26 Å². The van der Waals surface area contributed by atoms with Crippen molar-refractivity contribution in [3.63, 3.8) is 0 Å². The number of hydrogen-bond acceptors (Lipinski definition) is 3. The minimum Gasteiger partial charge on any atom is -0.465 e. The average molecular weight is 308 g/mol. The van der Waals surface area contributed by atoms with Gasteiger partial charge in [0, 0.05) is 16.1 Å². The molecule has 0 bridgehead atoms. The second kappa shape index (κ2) is 6.68. The number of rotatable bonds is 3. The summed E-state index contributed by atoms with van der Waals surface area (Å²) in [5.74, 6) is 0.689. The number of carbonyl (C=O) groups excluding carboxylic acids is 1. The zero-order valence-electron chi connectivity index (χ0n) is 11.1. The lowest BCUT2D eigenvalue weighted by Gasteiger charge is -2.07. The molecule has 0 unspecified atom stereocenters. The molecule has 0 aliphatic heterocycles. The average Bonchev–Trinajstić information content (AvgIpc) is 2.89. The Morgan fingerprint density at radius 1 is 1.35 bits per heavy atom. The Hall–Kier alpha value is -1.65. The smallest absolute Gasteiger partial charge is 0.287 e. The van der Waals surface area contributed by atoms with Crippen LogP contribution in [0, 0.1) is 13.8 Å². The molecule has 2 rings (SSSR count).